The Morgan fingerprint density at radius 3 is 1.00 bits per heavy atom. The fraction of sp³-hybridized carbons (Fsp3) is 0. The summed E-state index contributed by atoms with van der Waals surface area (Å²) in [6.45, 7) is 6.00. The van der Waals surface area contributed by atoms with Crippen molar-refractivity contribution in [3.8, 4) is 0 Å². The summed E-state index contributed by atoms with van der Waals surface area (Å²) < 4.78 is 0. The summed E-state index contributed by atoms with van der Waals surface area (Å²) in [7, 11) is 0. The Morgan fingerprint density at radius 1 is 1.00 bits per heavy atom. The van der Waals surface area contributed by atoms with Crippen LogP contribution in [0.2, 0.25) is 0 Å². The molecule has 0 fully saturated rings. The van der Waals surface area contributed by atoms with Crippen molar-refractivity contribution in [2.24, 2.45) is 0 Å². The second-order valence-electron chi connectivity index (χ2n) is 0. The topological polar surface area (TPSA) is 0 Å². The molecule has 0 aromatic carbocycles. The molecule has 0 N–H and O–H groups in total. The summed E-state index contributed by atoms with van der Waals surface area (Å²) >= 11 is 0. The van der Waals surface area contributed by atoms with E-state index in [4.69, 9.17) is 0 Å². The van der Waals surface area contributed by atoms with Crippen LogP contribution >= 0.6 is 0 Å². The third-order valence-electron chi connectivity index (χ3n) is 0. The van der Waals surface area contributed by atoms with E-state index in [-0.39, 0.29) is 36.5 Å². The molecule has 0 bridgehead atoms. The van der Waals surface area contributed by atoms with Gasteiger partial charge in [0.1, 0.15) is 0 Å². The Hall–Kier alpha value is 0.883. The molecule has 0 nitrogen and oxygen atoms in total. The SMILES string of the molecule is C=C.[Mn].[Zn]. The molecular formula is C2H4MnZn. The Labute approximate surface area is 49.9 Å². The van der Waals surface area contributed by atoms with Gasteiger partial charge in [-0.2, -0.15) is 0 Å². The molecule has 0 spiro atoms. The minimum absolute atomic E-state index is 0. The Bertz CT molecular complexity index is 6.00. The van der Waals surface area contributed by atoms with E-state index >= 15 is 0 Å². The van der Waals surface area contributed by atoms with E-state index in [1.807, 2.05) is 0 Å². The summed E-state index contributed by atoms with van der Waals surface area (Å²) in [4.78, 5) is 0. The van der Waals surface area contributed by atoms with Crippen LogP contribution in [0.15, 0.2) is 13.2 Å². The van der Waals surface area contributed by atoms with E-state index in [0.717, 1.165) is 0 Å². The first-order chi connectivity index (χ1) is 1.00. The Kier molecular flexibility index (Phi) is 215. The molecule has 0 aliphatic rings. The quantitative estimate of drug-likeness (QED) is 0.352. The Balaban J connectivity index is -0.00000000500. The van der Waals surface area contributed by atoms with E-state index < -0.39 is 0 Å². The van der Waals surface area contributed by atoms with Crippen molar-refractivity contribution < 1.29 is 36.5 Å². The summed E-state index contributed by atoms with van der Waals surface area (Å²) in [5, 5.41) is 0. The molecule has 0 saturated carbocycles. The van der Waals surface area contributed by atoms with Gasteiger partial charge >= 0.3 is 0 Å². The summed E-state index contributed by atoms with van der Waals surface area (Å²) in [6.07, 6.45) is 0. The predicted octanol–water partition coefficient (Wildman–Crippen LogP) is 0.797. The molecule has 21 valence electrons. The first-order valence-corrected chi connectivity index (χ1v) is 0.500. The van der Waals surface area contributed by atoms with Crippen molar-refractivity contribution in [3.63, 3.8) is 0 Å². The summed E-state index contributed by atoms with van der Waals surface area (Å²) in [6, 6.07) is 0. The van der Waals surface area contributed by atoms with Gasteiger partial charge < -0.3 is 0 Å². The zero-order valence-electron chi connectivity index (χ0n) is 2.50. The van der Waals surface area contributed by atoms with Gasteiger partial charge in [0.05, 0.1) is 0 Å². The minimum Gasteiger partial charge on any atom is -0.106 e. The van der Waals surface area contributed by atoms with Crippen LogP contribution < -0.4 is 0 Å². The molecule has 2 heteroatoms. The molecular weight excluding hydrogens is 144 g/mol. The fourth-order valence-electron chi connectivity index (χ4n) is 0. The van der Waals surface area contributed by atoms with Crippen LogP contribution in [-0.4, -0.2) is 0 Å². The average Bonchev–Trinajstić information content (AvgIpc) is 1.00. The van der Waals surface area contributed by atoms with Gasteiger partial charge in [0.2, 0.25) is 0 Å². The molecule has 0 aliphatic heterocycles. The number of rotatable bonds is 0. The monoisotopic (exact) mass is 147 g/mol. The normalized spacial score (nSPS) is 1.00. The van der Waals surface area contributed by atoms with Crippen LogP contribution in [0, 0.1) is 0 Å². The zero-order chi connectivity index (χ0) is 2.00. The molecule has 0 rings (SSSR count). The van der Waals surface area contributed by atoms with E-state index in [2.05, 4.69) is 13.2 Å². The van der Waals surface area contributed by atoms with Crippen molar-refractivity contribution in [2.75, 3.05) is 0 Å². The minimum atomic E-state index is 0. The maximum atomic E-state index is 3.00. The first kappa shape index (κ1) is 20.8. The molecule has 0 aromatic rings. The average molecular weight is 148 g/mol. The molecule has 0 aliphatic carbocycles. The number of hydrogen-bond acceptors (Lipinski definition) is 0. The van der Waals surface area contributed by atoms with Crippen LogP contribution in [0.4, 0.5) is 0 Å². The van der Waals surface area contributed by atoms with Crippen LogP contribution in [-0.2, 0) is 36.5 Å². The van der Waals surface area contributed by atoms with E-state index in [1.54, 1.807) is 0 Å². The first-order valence-electron chi connectivity index (χ1n) is 0.500. The summed E-state index contributed by atoms with van der Waals surface area (Å²) in [5.41, 5.74) is 0. The van der Waals surface area contributed by atoms with Gasteiger partial charge in [-0.15, -0.1) is 13.2 Å². The standard InChI is InChI=1S/C2H4.Mn.Zn/c1-2;;/h1-2H2;;. The van der Waals surface area contributed by atoms with Crippen LogP contribution in [0.25, 0.3) is 0 Å². The van der Waals surface area contributed by atoms with E-state index in [9.17, 15) is 0 Å². The van der Waals surface area contributed by atoms with Gasteiger partial charge in [0, 0.05) is 36.5 Å². The van der Waals surface area contributed by atoms with E-state index in [1.165, 1.54) is 0 Å². The molecule has 0 aromatic heterocycles. The van der Waals surface area contributed by atoms with Crippen LogP contribution in [0.5, 0.6) is 0 Å². The zero-order valence-corrected chi connectivity index (χ0v) is 6.65. The number of hydrogen-bond donors (Lipinski definition) is 0. The third kappa shape index (κ3) is 13.1. The maximum Gasteiger partial charge on any atom is 0 e. The van der Waals surface area contributed by atoms with E-state index in [0.29, 0.717) is 0 Å². The molecule has 0 saturated heterocycles. The predicted molar refractivity (Wildman–Crippen MR) is 11.3 cm³/mol. The Morgan fingerprint density at radius 2 is 1.00 bits per heavy atom. The van der Waals surface area contributed by atoms with Gasteiger partial charge in [-0.1, -0.05) is 0 Å². The van der Waals surface area contributed by atoms with Gasteiger partial charge in [0.25, 0.3) is 0 Å². The molecule has 0 heterocycles. The molecule has 4 heavy (non-hydrogen) atoms. The molecule has 0 amide bonds. The van der Waals surface area contributed by atoms with Crippen molar-refractivity contribution in [1.82, 2.24) is 0 Å². The second kappa shape index (κ2) is 41.4. The summed E-state index contributed by atoms with van der Waals surface area (Å²) in [5.74, 6) is 0. The smallest absolute Gasteiger partial charge is 0 e. The van der Waals surface area contributed by atoms with Crippen molar-refractivity contribution in [3.05, 3.63) is 13.2 Å². The second-order valence-corrected chi connectivity index (χ2v) is 0. The van der Waals surface area contributed by atoms with Crippen LogP contribution in [0.1, 0.15) is 0 Å². The van der Waals surface area contributed by atoms with Crippen LogP contribution in [0.3, 0.4) is 0 Å². The van der Waals surface area contributed by atoms with Crippen molar-refractivity contribution >= 4 is 0 Å². The maximum absolute atomic E-state index is 3.00. The fourth-order valence-corrected chi connectivity index (χ4v) is 0. The van der Waals surface area contributed by atoms with Crippen molar-refractivity contribution in [2.45, 2.75) is 0 Å². The van der Waals surface area contributed by atoms with Gasteiger partial charge in [0.15, 0.2) is 0 Å². The molecule has 0 unspecified atom stereocenters. The van der Waals surface area contributed by atoms with Crippen molar-refractivity contribution in [1.29, 1.82) is 0 Å². The largest absolute Gasteiger partial charge is 0.106 e. The molecule has 0 atom stereocenters. The van der Waals surface area contributed by atoms with Gasteiger partial charge in [-0.05, 0) is 0 Å². The van der Waals surface area contributed by atoms with Gasteiger partial charge in [-0.25, -0.2) is 0 Å². The van der Waals surface area contributed by atoms with Gasteiger partial charge in [-0.3, -0.25) is 0 Å². The third-order valence-corrected chi connectivity index (χ3v) is 0. The molecule has 1 radical (unpaired) electrons.